The largest absolute Gasteiger partial charge is 0.383 e. The highest BCUT2D eigenvalue weighted by molar-refractivity contribution is 5.92. The number of halogens is 3. The Morgan fingerprint density at radius 3 is 2.46 bits per heavy atom. The molecular formula is C15H9F3N6. The SMILES string of the molecule is Nc1nc(N)c2c(F)c(F)c(-n3cnc4ccccc43)c(F)c2n1. The highest BCUT2D eigenvalue weighted by Crippen LogP contribution is 2.33. The van der Waals surface area contributed by atoms with Gasteiger partial charge in [-0.15, -0.1) is 0 Å². The Kier molecular flexibility index (Phi) is 2.86. The predicted octanol–water partition coefficient (Wildman–Crippen LogP) is 2.55. The number of benzene rings is 2. The van der Waals surface area contributed by atoms with Crippen molar-refractivity contribution in [3.05, 3.63) is 48.0 Å². The highest BCUT2D eigenvalue weighted by Gasteiger charge is 2.26. The number of aromatic nitrogens is 4. The number of nitrogens with zero attached hydrogens (tertiary/aromatic N) is 4. The Labute approximate surface area is 132 Å². The van der Waals surface area contributed by atoms with Gasteiger partial charge in [0.05, 0.1) is 16.4 Å². The number of hydrogen-bond acceptors (Lipinski definition) is 5. The maximum Gasteiger partial charge on any atom is 0.222 e. The van der Waals surface area contributed by atoms with Crippen LogP contribution in [0.1, 0.15) is 0 Å². The number of rotatable bonds is 1. The number of para-hydroxylation sites is 2. The van der Waals surface area contributed by atoms with Crippen molar-refractivity contribution in [2.75, 3.05) is 11.5 Å². The van der Waals surface area contributed by atoms with Crippen LogP contribution in [-0.2, 0) is 0 Å². The van der Waals surface area contributed by atoms with Crippen molar-refractivity contribution in [2.24, 2.45) is 0 Å². The summed E-state index contributed by atoms with van der Waals surface area (Å²) < 4.78 is 45.0. The molecular weight excluding hydrogens is 321 g/mol. The molecule has 4 rings (SSSR count). The number of nitrogens with two attached hydrogens (primary N) is 2. The lowest BCUT2D eigenvalue weighted by Crippen LogP contribution is -2.09. The van der Waals surface area contributed by atoms with Crippen LogP contribution in [0, 0.1) is 17.5 Å². The average molecular weight is 330 g/mol. The van der Waals surface area contributed by atoms with Crippen molar-refractivity contribution < 1.29 is 13.2 Å². The summed E-state index contributed by atoms with van der Waals surface area (Å²) in [4.78, 5) is 11.2. The molecule has 9 heteroatoms. The van der Waals surface area contributed by atoms with Crippen LogP contribution >= 0.6 is 0 Å². The van der Waals surface area contributed by atoms with Crippen molar-refractivity contribution in [3.8, 4) is 5.69 Å². The van der Waals surface area contributed by atoms with E-state index in [1.54, 1.807) is 24.3 Å². The zero-order valence-corrected chi connectivity index (χ0v) is 12.0. The van der Waals surface area contributed by atoms with Crippen LogP contribution in [0.5, 0.6) is 0 Å². The summed E-state index contributed by atoms with van der Waals surface area (Å²) in [6.07, 6.45) is 1.20. The summed E-state index contributed by atoms with van der Waals surface area (Å²) in [5.41, 5.74) is 10.7. The third-order valence-electron chi connectivity index (χ3n) is 3.68. The molecule has 2 aromatic carbocycles. The van der Waals surface area contributed by atoms with Gasteiger partial charge >= 0.3 is 0 Å². The van der Waals surface area contributed by atoms with Crippen LogP contribution in [0.25, 0.3) is 27.6 Å². The van der Waals surface area contributed by atoms with Gasteiger partial charge in [0.1, 0.15) is 23.3 Å². The van der Waals surface area contributed by atoms with Crippen molar-refractivity contribution in [1.82, 2.24) is 19.5 Å². The molecule has 0 aliphatic rings. The highest BCUT2D eigenvalue weighted by atomic mass is 19.2. The fourth-order valence-corrected chi connectivity index (χ4v) is 2.64. The monoisotopic (exact) mass is 330 g/mol. The van der Waals surface area contributed by atoms with E-state index in [9.17, 15) is 13.2 Å². The molecule has 0 saturated carbocycles. The van der Waals surface area contributed by atoms with Gasteiger partial charge in [0.25, 0.3) is 0 Å². The minimum absolute atomic E-state index is 0.341. The molecule has 0 fully saturated rings. The van der Waals surface area contributed by atoms with Gasteiger partial charge in [0.15, 0.2) is 17.5 Å². The molecule has 24 heavy (non-hydrogen) atoms. The molecule has 0 unspecified atom stereocenters. The quantitative estimate of drug-likeness (QED) is 0.523. The summed E-state index contributed by atoms with van der Waals surface area (Å²) in [7, 11) is 0. The lowest BCUT2D eigenvalue weighted by molar-refractivity contribution is 0.499. The van der Waals surface area contributed by atoms with E-state index in [4.69, 9.17) is 11.5 Å². The fourth-order valence-electron chi connectivity index (χ4n) is 2.64. The molecule has 0 spiro atoms. The Hall–Kier alpha value is -3.36. The van der Waals surface area contributed by atoms with Gasteiger partial charge in [-0.05, 0) is 12.1 Å². The third kappa shape index (κ3) is 1.81. The lowest BCUT2D eigenvalue weighted by Gasteiger charge is -2.12. The Morgan fingerprint density at radius 1 is 0.917 bits per heavy atom. The minimum atomic E-state index is -1.41. The van der Waals surface area contributed by atoms with Crippen molar-refractivity contribution in [2.45, 2.75) is 0 Å². The molecule has 0 bridgehead atoms. The smallest absolute Gasteiger partial charge is 0.222 e. The summed E-state index contributed by atoms with van der Waals surface area (Å²) in [5.74, 6) is -4.64. The zero-order valence-electron chi connectivity index (χ0n) is 12.0. The van der Waals surface area contributed by atoms with E-state index in [2.05, 4.69) is 15.0 Å². The second-order valence-electron chi connectivity index (χ2n) is 5.08. The van der Waals surface area contributed by atoms with E-state index in [-0.39, 0.29) is 5.95 Å². The van der Waals surface area contributed by atoms with Gasteiger partial charge in [0.2, 0.25) is 5.95 Å². The maximum absolute atomic E-state index is 14.9. The van der Waals surface area contributed by atoms with E-state index < -0.39 is 39.9 Å². The van der Waals surface area contributed by atoms with Crippen LogP contribution in [0.2, 0.25) is 0 Å². The van der Waals surface area contributed by atoms with Crippen molar-refractivity contribution >= 4 is 33.7 Å². The Morgan fingerprint density at radius 2 is 1.67 bits per heavy atom. The van der Waals surface area contributed by atoms with E-state index in [1.165, 1.54) is 6.33 Å². The first kappa shape index (κ1) is 14.2. The first-order chi connectivity index (χ1) is 11.5. The van der Waals surface area contributed by atoms with Crippen LogP contribution in [-0.4, -0.2) is 19.5 Å². The van der Waals surface area contributed by atoms with Crippen molar-refractivity contribution in [1.29, 1.82) is 0 Å². The van der Waals surface area contributed by atoms with Crippen LogP contribution in [0.4, 0.5) is 24.9 Å². The van der Waals surface area contributed by atoms with Gasteiger partial charge in [0, 0.05) is 0 Å². The van der Waals surface area contributed by atoms with Crippen molar-refractivity contribution in [3.63, 3.8) is 0 Å². The molecule has 0 saturated heterocycles. The molecule has 0 radical (unpaired) electrons. The summed E-state index contributed by atoms with van der Waals surface area (Å²) in [6.45, 7) is 0. The molecule has 0 amide bonds. The van der Waals surface area contributed by atoms with Gasteiger partial charge < -0.3 is 11.5 Å². The molecule has 0 atom stereocenters. The first-order valence-electron chi connectivity index (χ1n) is 6.80. The van der Waals surface area contributed by atoms with E-state index in [0.29, 0.717) is 11.0 Å². The van der Waals surface area contributed by atoms with Gasteiger partial charge in [-0.2, -0.15) is 4.98 Å². The van der Waals surface area contributed by atoms with Crippen LogP contribution < -0.4 is 11.5 Å². The van der Waals surface area contributed by atoms with Crippen LogP contribution in [0.3, 0.4) is 0 Å². The average Bonchev–Trinajstić information content (AvgIpc) is 2.96. The summed E-state index contributed by atoms with van der Waals surface area (Å²) >= 11 is 0. The standard InChI is InChI=1S/C15H9F3N6/c16-9-8-12(22-15(20)23-14(8)19)11(18)13(10(9)17)24-5-21-6-3-1-2-4-7(6)24/h1-5H,(H4,19,20,22,23). The number of imidazole rings is 1. The molecule has 0 aliphatic heterocycles. The fraction of sp³-hybridized carbons (Fsp3) is 0. The van der Waals surface area contributed by atoms with Gasteiger partial charge in [-0.3, -0.25) is 4.57 Å². The second kappa shape index (κ2) is 4.82. The summed E-state index contributed by atoms with van der Waals surface area (Å²) in [5, 5.41) is -0.549. The first-order valence-corrected chi connectivity index (χ1v) is 6.80. The lowest BCUT2D eigenvalue weighted by atomic mass is 10.1. The number of hydrogen-bond donors (Lipinski definition) is 2. The number of anilines is 2. The normalized spacial score (nSPS) is 11.5. The van der Waals surface area contributed by atoms with E-state index >= 15 is 0 Å². The third-order valence-corrected chi connectivity index (χ3v) is 3.68. The van der Waals surface area contributed by atoms with Crippen LogP contribution in [0.15, 0.2) is 30.6 Å². The molecule has 4 N–H and O–H groups in total. The van der Waals surface area contributed by atoms with Gasteiger partial charge in [-0.1, -0.05) is 12.1 Å². The predicted molar refractivity (Wildman–Crippen MR) is 82.9 cm³/mol. The number of nitrogen functional groups attached to an aromatic ring is 2. The molecule has 6 nitrogen and oxygen atoms in total. The Bertz CT molecular complexity index is 1120. The Balaban J connectivity index is 2.17. The molecule has 2 aromatic heterocycles. The maximum atomic E-state index is 14.9. The molecule has 2 heterocycles. The van der Waals surface area contributed by atoms with Gasteiger partial charge in [-0.25, -0.2) is 23.1 Å². The zero-order chi connectivity index (χ0) is 17.0. The second-order valence-corrected chi connectivity index (χ2v) is 5.08. The molecule has 120 valence electrons. The summed E-state index contributed by atoms with van der Waals surface area (Å²) in [6, 6.07) is 6.66. The molecule has 0 aliphatic carbocycles. The topological polar surface area (TPSA) is 95.6 Å². The van der Waals surface area contributed by atoms with E-state index in [0.717, 1.165) is 4.57 Å². The van der Waals surface area contributed by atoms with E-state index in [1.807, 2.05) is 0 Å². The minimum Gasteiger partial charge on any atom is -0.383 e. The number of fused-ring (bicyclic) bond motifs is 2. The molecule has 4 aromatic rings.